The fourth-order valence-electron chi connectivity index (χ4n) is 1.55. The fourth-order valence-corrected chi connectivity index (χ4v) is 2.49. The Labute approximate surface area is 86.2 Å². The van der Waals surface area contributed by atoms with E-state index in [2.05, 4.69) is 26.7 Å². The molecule has 4 heteroatoms. The number of hydrogen-bond acceptors (Lipinski definition) is 3. The second-order valence-electron chi connectivity index (χ2n) is 3.53. The molecule has 0 aliphatic carbocycles. The first-order valence-corrected chi connectivity index (χ1v) is 5.61. The molecule has 14 heavy (non-hydrogen) atoms. The van der Waals surface area contributed by atoms with E-state index in [0.717, 1.165) is 18.8 Å². The number of nitrogens with one attached hydrogen (secondary N) is 2. The van der Waals surface area contributed by atoms with E-state index in [0.29, 0.717) is 5.92 Å². The van der Waals surface area contributed by atoms with Gasteiger partial charge >= 0.3 is 0 Å². The third-order valence-corrected chi connectivity index (χ3v) is 3.55. The summed E-state index contributed by atoms with van der Waals surface area (Å²) in [6.07, 6.45) is 3.91. The van der Waals surface area contributed by atoms with Crippen LogP contribution >= 0.6 is 11.3 Å². The minimum Gasteiger partial charge on any atom is -0.367 e. The molecule has 0 spiro atoms. The monoisotopic (exact) mass is 205 g/mol. The van der Waals surface area contributed by atoms with E-state index in [1.54, 1.807) is 11.3 Å². The highest BCUT2D eigenvalue weighted by Gasteiger charge is 2.22. The van der Waals surface area contributed by atoms with Gasteiger partial charge in [0.1, 0.15) is 0 Å². The molecule has 2 aromatic heterocycles. The average molecular weight is 205 g/mol. The molecule has 1 fully saturated rings. The SMILES string of the molecule is c1cc(-c2csc(C3CNC3)n2)c[nH]1. The average Bonchev–Trinajstić information content (AvgIpc) is 2.65. The molecule has 0 aromatic carbocycles. The van der Waals surface area contributed by atoms with Gasteiger partial charge in [-0.05, 0) is 6.07 Å². The van der Waals surface area contributed by atoms with Crippen LogP contribution in [0.2, 0.25) is 0 Å². The molecular weight excluding hydrogens is 194 g/mol. The van der Waals surface area contributed by atoms with Gasteiger partial charge in [-0.1, -0.05) is 0 Å². The number of hydrogen-bond donors (Lipinski definition) is 2. The zero-order valence-corrected chi connectivity index (χ0v) is 8.47. The Balaban J connectivity index is 1.90. The van der Waals surface area contributed by atoms with Gasteiger partial charge in [-0.2, -0.15) is 0 Å². The number of thiazole rings is 1. The van der Waals surface area contributed by atoms with E-state index >= 15 is 0 Å². The summed E-state index contributed by atoms with van der Waals surface area (Å²) < 4.78 is 0. The second-order valence-corrected chi connectivity index (χ2v) is 4.42. The number of aromatic nitrogens is 2. The Morgan fingerprint density at radius 1 is 1.43 bits per heavy atom. The summed E-state index contributed by atoms with van der Waals surface area (Å²) in [5.74, 6) is 0.646. The minimum absolute atomic E-state index is 0.646. The van der Waals surface area contributed by atoms with E-state index in [-0.39, 0.29) is 0 Å². The molecule has 3 rings (SSSR count). The third-order valence-electron chi connectivity index (χ3n) is 2.55. The maximum absolute atomic E-state index is 4.63. The van der Waals surface area contributed by atoms with Crippen molar-refractivity contribution in [2.45, 2.75) is 5.92 Å². The highest BCUT2D eigenvalue weighted by atomic mass is 32.1. The number of rotatable bonds is 2. The van der Waals surface area contributed by atoms with Gasteiger partial charge in [-0.25, -0.2) is 4.98 Å². The van der Waals surface area contributed by atoms with E-state index in [9.17, 15) is 0 Å². The third kappa shape index (κ3) is 1.27. The zero-order chi connectivity index (χ0) is 9.38. The molecular formula is C10H11N3S. The van der Waals surface area contributed by atoms with E-state index in [1.165, 1.54) is 10.6 Å². The largest absolute Gasteiger partial charge is 0.367 e. The van der Waals surface area contributed by atoms with Gasteiger partial charge in [0.2, 0.25) is 0 Å². The summed E-state index contributed by atoms with van der Waals surface area (Å²) in [4.78, 5) is 7.68. The Hall–Kier alpha value is -1.13. The number of aromatic amines is 1. The van der Waals surface area contributed by atoms with Crippen molar-refractivity contribution in [1.82, 2.24) is 15.3 Å². The van der Waals surface area contributed by atoms with Crippen molar-refractivity contribution in [3.05, 3.63) is 28.8 Å². The van der Waals surface area contributed by atoms with Crippen LogP contribution in [-0.4, -0.2) is 23.1 Å². The van der Waals surface area contributed by atoms with Crippen molar-refractivity contribution in [3.63, 3.8) is 0 Å². The first-order chi connectivity index (χ1) is 6.93. The van der Waals surface area contributed by atoms with Crippen molar-refractivity contribution < 1.29 is 0 Å². The van der Waals surface area contributed by atoms with Crippen molar-refractivity contribution in [1.29, 1.82) is 0 Å². The summed E-state index contributed by atoms with van der Waals surface area (Å²) in [6.45, 7) is 2.17. The van der Waals surface area contributed by atoms with Gasteiger partial charge in [-0.3, -0.25) is 0 Å². The van der Waals surface area contributed by atoms with Gasteiger partial charge < -0.3 is 10.3 Å². The van der Waals surface area contributed by atoms with Crippen LogP contribution in [0.5, 0.6) is 0 Å². The zero-order valence-electron chi connectivity index (χ0n) is 7.66. The molecule has 1 saturated heterocycles. The van der Waals surface area contributed by atoms with Crippen LogP contribution in [-0.2, 0) is 0 Å². The fraction of sp³-hybridized carbons (Fsp3) is 0.300. The molecule has 1 aliphatic rings. The molecule has 3 nitrogen and oxygen atoms in total. The van der Waals surface area contributed by atoms with Crippen LogP contribution < -0.4 is 5.32 Å². The molecule has 2 N–H and O–H groups in total. The Kier molecular flexibility index (Phi) is 1.89. The number of H-pyrrole nitrogens is 1. The molecule has 2 aromatic rings. The predicted octanol–water partition coefficient (Wildman–Crippen LogP) is 1.82. The maximum Gasteiger partial charge on any atom is 0.0989 e. The summed E-state index contributed by atoms with van der Waals surface area (Å²) >= 11 is 1.77. The standard InChI is InChI=1S/C10H11N3S/c1-2-11-3-7(1)9-6-14-10(13-9)8-4-12-5-8/h1-3,6,8,11-12H,4-5H2. The molecule has 0 bridgehead atoms. The lowest BCUT2D eigenvalue weighted by molar-refractivity contribution is 0.447. The quantitative estimate of drug-likeness (QED) is 0.785. The van der Waals surface area contributed by atoms with Crippen LogP contribution in [0, 0.1) is 0 Å². The van der Waals surface area contributed by atoms with E-state index in [1.807, 2.05) is 12.4 Å². The van der Waals surface area contributed by atoms with Gasteiger partial charge in [0.25, 0.3) is 0 Å². The molecule has 0 saturated carbocycles. The van der Waals surface area contributed by atoms with Gasteiger partial charge in [0.15, 0.2) is 0 Å². The smallest absolute Gasteiger partial charge is 0.0989 e. The summed E-state index contributed by atoms with van der Waals surface area (Å²) in [7, 11) is 0. The van der Waals surface area contributed by atoms with Crippen LogP contribution in [0.4, 0.5) is 0 Å². The highest BCUT2D eigenvalue weighted by molar-refractivity contribution is 7.10. The summed E-state index contributed by atoms with van der Waals surface area (Å²) in [6, 6.07) is 2.05. The molecule has 0 unspecified atom stereocenters. The Morgan fingerprint density at radius 2 is 2.36 bits per heavy atom. The lowest BCUT2D eigenvalue weighted by atomic mass is 10.1. The lowest BCUT2D eigenvalue weighted by Crippen LogP contribution is -2.39. The molecule has 0 amide bonds. The topological polar surface area (TPSA) is 40.7 Å². The maximum atomic E-state index is 4.63. The summed E-state index contributed by atoms with van der Waals surface area (Å²) in [5, 5.41) is 6.66. The minimum atomic E-state index is 0.646. The first kappa shape index (κ1) is 8.20. The molecule has 72 valence electrons. The van der Waals surface area contributed by atoms with Gasteiger partial charge in [-0.15, -0.1) is 11.3 Å². The Morgan fingerprint density at radius 3 is 3.00 bits per heavy atom. The molecule has 0 radical (unpaired) electrons. The highest BCUT2D eigenvalue weighted by Crippen LogP contribution is 2.27. The molecule has 3 heterocycles. The van der Waals surface area contributed by atoms with Crippen LogP contribution in [0.15, 0.2) is 23.8 Å². The van der Waals surface area contributed by atoms with Gasteiger partial charge in [0, 0.05) is 42.3 Å². The van der Waals surface area contributed by atoms with E-state index < -0.39 is 0 Å². The van der Waals surface area contributed by atoms with Crippen LogP contribution in [0.3, 0.4) is 0 Å². The van der Waals surface area contributed by atoms with Crippen molar-refractivity contribution >= 4 is 11.3 Å². The molecule has 1 aliphatic heterocycles. The van der Waals surface area contributed by atoms with Crippen molar-refractivity contribution in [2.24, 2.45) is 0 Å². The van der Waals surface area contributed by atoms with Crippen molar-refractivity contribution in [2.75, 3.05) is 13.1 Å². The normalized spacial score (nSPS) is 16.9. The first-order valence-electron chi connectivity index (χ1n) is 4.73. The Bertz CT molecular complexity index is 414. The molecule has 0 atom stereocenters. The van der Waals surface area contributed by atoms with E-state index in [4.69, 9.17) is 0 Å². The van der Waals surface area contributed by atoms with Crippen LogP contribution in [0.25, 0.3) is 11.3 Å². The number of nitrogens with zero attached hydrogens (tertiary/aromatic N) is 1. The summed E-state index contributed by atoms with van der Waals surface area (Å²) in [5.41, 5.74) is 2.28. The second kappa shape index (κ2) is 3.22. The van der Waals surface area contributed by atoms with Crippen LogP contribution in [0.1, 0.15) is 10.9 Å². The predicted molar refractivity (Wildman–Crippen MR) is 57.5 cm³/mol. The lowest BCUT2D eigenvalue weighted by Gasteiger charge is -2.24. The van der Waals surface area contributed by atoms with Crippen molar-refractivity contribution in [3.8, 4) is 11.3 Å². The van der Waals surface area contributed by atoms with Gasteiger partial charge in [0.05, 0.1) is 10.7 Å².